The second kappa shape index (κ2) is 8.30. The number of aryl methyl sites for hydroxylation is 1. The highest BCUT2D eigenvalue weighted by Gasteiger charge is 2.17. The average molecular weight is 358 g/mol. The minimum Gasteiger partial charge on any atom is -0.325 e. The quantitative estimate of drug-likeness (QED) is 0.764. The number of hydrogen-bond donors (Lipinski definition) is 1. The van der Waals surface area contributed by atoms with E-state index >= 15 is 0 Å². The summed E-state index contributed by atoms with van der Waals surface area (Å²) in [6.07, 6.45) is 1.62. The van der Waals surface area contributed by atoms with Gasteiger partial charge in [0.15, 0.2) is 5.16 Å². The van der Waals surface area contributed by atoms with Gasteiger partial charge in [0.2, 0.25) is 5.91 Å². The molecule has 0 aliphatic carbocycles. The molecule has 0 aliphatic rings. The highest BCUT2D eigenvalue weighted by atomic mass is 32.2. The van der Waals surface area contributed by atoms with E-state index in [1.165, 1.54) is 11.8 Å². The van der Waals surface area contributed by atoms with Crippen molar-refractivity contribution in [3.05, 3.63) is 30.6 Å². The molecular weight excluding hydrogens is 342 g/mol. The third-order valence-corrected chi connectivity index (χ3v) is 4.74. The van der Waals surface area contributed by atoms with Gasteiger partial charge in [-0.2, -0.15) is 8.78 Å². The Bertz CT molecular complexity index is 648. The van der Waals surface area contributed by atoms with Crippen molar-refractivity contribution in [1.29, 1.82) is 0 Å². The van der Waals surface area contributed by atoms with Crippen LogP contribution in [-0.4, -0.2) is 31.7 Å². The number of halogens is 2. The number of aromatic nitrogens is 3. The minimum absolute atomic E-state index is 0.185. The van der Waals surface area contributed by atoms with Crippen LogP contribution < -0.4 is 5.32 Å². The molecule has 1 amide bonds. The van der Waals surface area contributed by atoms with Crippen LogP contribution in [0.4, 0.5) is 14.5 Å². The molecule has 0 aliphatic heterocycles. The standard InChI is InChI=1S/C14H16F2N4OS2/c1-3-20-8-17-19-14(20)22-9(2)12(21)18-10-4-6-11(7-5-10)23-13(15)16/h4-9,13H,3H2,1-2H3,(H,18,21)/t9-/m0/s1. The van der Waals surface area contributed by atoms with Crippen LogP contribution in [0.1, 0.15) is 13.8 Å². The molecule has 0 saturated carbocycles. The zero-order valence-electron chi connectivity index (χ0n) is 12.6. The first-order valence-corrected chi connectivity index (χ1v) is 8.65. The lowest BCUT2D eigenvalue weighted by Gasteiger charge is -2.12. The van der Waals surface area contributed by atoms with Gasteiger partial charge in [-0.1, -0.05) is 23.5 Å². The summed E-state index contributed by atoms with van der Waals surface area (Å²) in [7, 11) is 0. The molecule has 1 N–H and O–H groups in total. The Kier molecular flexibility index (Phi) is 6.40. The average Bonchev–Trinajstić information content (AvgIpc) is 2.95. The zero-order chi connectivity index (χ0) is 16.8. The SMILES string of the molecule is CCn1cnnc1S[C@@H](C)C(=O)Nc1ccc(SC(F)F)cc1. The molecule has 0 radical (unpaired) electrons. The molecule has 0 spiro atoms. The van der Waals surface area contributed by atoms with Gasteiger partial charge in [0.25, 0.3) is 5.76 Å². The fraction of sp³-hybridized carbons (Fsp3) is 0.357. The van der Waals surface area contributed by atoms with Crippen molar-refractivity contribution in [3.63, 3.8) is 0 Å². The highest BCUT2D eigenvalue weighted by Crippen LogP contribution is 2.27. The molecule has 9 heteroatoms. The summed E-state index contributed by atoms with van der Waals surface area (Å²) in [5, 5.41) is 10.9. The van der Waals surface area contributed by atoms with Gasteiger partial charge in [-0.05, 0) is 38.1 Å². The van der Waals surface area contributed by atoms with E-state index in [0.717, 1.165) is 6.54 Å². The fourth-order valence-corrected chi connectivity index (χ4v) is 3.11. The van der Waals surface area contributed by atoms with Gasteiger partial charge in [-0.25, -0.2) is 0 Å². The number of nitrogens with one attached hydrogen (secondary N) is 1. The maximum absolute atomic E-state index is 12.3. The van der Waals surface area contributed by atoms with E-state index < -0.39 is 5.76 Å². The second-order valence-electron chi connectivity index (χ2n) is 4.55. The van der Waals surface area contributed by atoms with Gasteiger partial charge in [0, 0.05) is 17.1 Å². The number of alkyl halides is 2. The number of benzene rings is 1. The topological polar surface area (TPSA) is 59.8 Å². The van der Waals surface area contributed by atoms with Crippen molar-refractivity contribution < 1.29 is 13.6 Å². The third-order valence-electron chi connectivity index (χ3n) is 2.92. The van der Waals surface area contributed by atoms with Crippen LogP contribution in [0.5, 0.6) is 0 Å². The van der Waals surface area contributed by atoms with Gasteiger partial charge < -0.3 is 9.88 Å². The largest absolute Gasteiger partial charge is 0.325 e. The van der Waals surface area contributed by atoms with Gasteiger partial charge in [-0.3, -0.25) is 4.79 Å². The van der Waals surface area contributed by atoms with Gasteiger partial charge in [-0.15, -0.1) is 10.2 Å². The number of thioether (sulfide) groups is 2. The number of hydrogen-bond acceptors (Lipinski definition) is 5. The molecule has 1 aromatic carbocycles. The van der Waals surface area contributed by atoms with E-state index in [9.17, 15) is 13.6 Å². The van der Waals surface area contributed by atoms with Crippen LogP contribution in [0, 0.1) is 0 Å². The molecule has 2 rings (SSSR count). The van der Waals surface area contributed by atoms with Crippen LogP contribution >= 0.6 is 23.5 Å². The first kappa shape index (κ1) is 17.7. The summed E-state index contributed by atoms with van der Waals surface area (Å²) in [6.45, 7) is 4.47. The minimum atomic E-state index is -2.46. The molecule has 0 bridgehead atoms. The Morgan fingerprint density at radius 1 is 1.30 bits per heavy atom. The number of carbonyl (C=O) groups is 1. The normalized spacial score (nSPS) is 12.4. The summed E-state index contributed by atoms with van der Waals surface area (Å²) in [6, 6.07) is 6.32. The van der Waals surface area contributed by atoms with E-state index in [-0.39, 0.29) is 11.2 Å². The number of amides is 1. The maximum Gasteiger partial charge on any atom is 0.288 e. The van der Waals surface area contributed by atoms with E-state index in [2.05, 4.69) is 15.5 Å². The fourth-order valence-electron chi connectivity index (χ4n) is 1.73. The number of nitrogens with zero attached hydrogens (tertiary/aromatic N) is 3. The molecular formula is C14H16F2N4OS2. The molecule has 1 heterocycles. The van der Waals surface area contributed by atoms with Gasteiger partial charge in [0.1, 0.15) is 6.33 Å². The Balaban J connectivity index is 1.93. The van der Waals surface area contributed by atoms with E-state index in [4.69, 9.17) is 0 Å². The van der Waals surface area contributed by atoms with Crippen molar-refractivity contribution in [2.24, 2.45) is 0 Å². The summed E-state index contributed by atoms with van der Waals surface area (Å²) < 4.78 is 26.4. The van der Waals surface area contributed by atoms with Crippen molar-refractivity contribution in [2.75, 3.05) is 5.32 Å². The Morgan fingerprint density at radius 2 is 2.00 bits per heavy atom. The van der Waals surface area contributed by atoms with Crippen molar-refractivity contribution >= 4 is 35.1 Å². The van der Waals surface area contributed by atoms with Crippen molar-refractivity contribution in [2.45, 2.75) is 41.5 Å². The molecule has 124 valence electrons. The number of rotatable bonds is 7. The molecule has 5 nitrogen and oxygen atoms in total. The lowest BCUT2D eigenvalue weighted by Crippen LogP contribution is -2.22. The van der Waals surface area contributed by atoms with E-state index in [1.807, 2.05) is 11.5 Å². The molecule has 0 fully saturated rings. The molecule has 2 aromatic rings. The molecule has 1 aromatic heterocycles. The third kappa shape index (κ3) is 5.21. The summed E-state index contributed by atoms with van der Waals surface area (Å²) in [4.78, 5) is 12.6. The van der Waals surface area contributed by atoms with Crippen LogP contribution in [-0.2, 0) is 11.3 Å². The summed E-state index contributed by atoms with van der Waals surface area (Å²) >= 11 is 1.79. The molecule has 23 heavy (non-hydrogen) atoms. The highest BCUT2D eigenvalue weighted by molar-refractivity contribution is 8.00. The van der Waals surface area contributed by atoms with Crippen LogP contribution in [0.2, 0.25) is 0 Å². The van der Waals surface area contributed by atoms with Crippen LogP contribution in [0.15, 0.2) is 40.6 Å². The van der Waals surface area contributed by atoms with Crippen LogP contribution in [0.3, 0.4) is 0 Å². The number of carbonyl (C=O) groups excluding carboxylic acids is 1. The monoisotopic (exact) mass is 358 g/mol. The lowest BCUT2D eigenvalue weighted by molar-refractivity contribution is -0.115. The summed E-state index contributed by atoms with van der Waals surface area (Å²) in [5.41, 5.74) is 0.568. The Hall–Kier alpha value is -1.61. The zero-order valence-corrected chi connectivity index (χ0v) is 14.2. The first-order valence-electron chi connectivity index (χ1n) is 6.89. The molecule has 0 unspecified atom stereocenters. The number of anilines is 1. The smallest absolute Gasteiger partial charge is 0.288 e. The van der Waals surface area contributed by atoms with E-state index in [0.29, 0.717) is 27.5 Å². The Morgan fingerprint density at radius 3 is 2.61 bits per heavy atom. The molecule has 1 atom stereocenters. The predicted molar refractivity (Wildman–Crippen MR) is 87.9 cm³/mol. The van der Waals surface area contributed by atoms with Crippen molar-refractivity contribution in [3.8, 4) is 0 Å². The van der Waals surface area contributed by atoms with Gasteiger partial charge >= 0.3 is 0 Å². The predicted octanol–water partition coefficient (Wildman–Crippen LogP) is 3.73. The molecule has 0 saturated heterocycles. The second-order valence-corrected chi connectivity index (χ2v) is 6.92. The summed E-state index contributed by atoms with van der Waals surface area (Å²) in [5.74, 6) is -2.64. The maximum atomic E-state index is 12.3. The lowest BCUT2D eigenvalue weighted by atomic mass is 10.3. The van der Waals surface area contributed by atoms with Crippen LogP contribution in [0.25, 0.3) is 0 Å². The Labute approximate surface area is 141 Å². The van der Waals surface area contributed by atoms with Crippen molar-refractivity contribution in [1.82, 2.24) is 14.8 Å². The first-order chi connectivity index (χ1) is 11.0. The van der Waals surface area contributed by atoms with E-state index in [1.54, 1.807) is 37.5 Å². The van der Waals surface area contributed by atoms with Gasteiger partial charge in [0.05, 0.1) is 5.25 Å².